The van der Waals surface area contributed by atoms with E-state index in [9.17, 15) is 4.79 Å². The maximum atomic E-state index is 10.3. The molecule has 2 saturated carbocycles. The van der Waals surface area contributed by atoms with Crippen LogP contribution in [-0.4, -0.2) is 22.1 Å². The fourth-order valence-electron chi connectivity index (χ4n) is 1.79. The Kier molecular flexibility index (Phi) is 2.82. The second-order valence-corrected chi connectivity index (χ2v) is 5.44. The van der Waals surface area contributed by atoms with Gasteiger partial charge in [0.25, 0.3) is 0 Å². The summed E-state index contributed by atoms with van der Waals surface area (Å²) in [6.07, 6.45) is 5.89. The van der Waals surface area contributed by atoms with Gasteiger partial charge in [-0.3, -0.25) is 4.79 Å². The van der Waals surface area contributed by atoms with Gasteiger partial charge in [-0.1, -0.05) is 0 Å². The SMILES string of the molecule is O=C(O)CCSC(C1CC1)C1CC1. The summed E-state index contributed by atoms with van der Waals surface area (Å²) < 4.78 is 0. The summed E-state index contributed by atoms with van der Waals surface area (Å²) in [7, 11) is 0. The highest BCUT2D eigenvalue weighted by atomic mass is 32.2. The van der Waals surface area contributed by atoms with E-state index in [0.29, 0.717) is 6.42 Å². The zero-order chi connectivity index (χ0) is 9.26. The Hall–Kier alpha value is -0.180. The van der Waals surface area contributed by atoms with Crippen LogP contribution in [0.4, 0.5) is 0 Å². The topological polar surface area (TPSA) is 37.3 Å². The molecule has 0 aromatic heterocycles. The van der Waals surface area contributed by atoms with Crippen molar-refractivity contribution in [1.29, 1.82) is 0 Å². The molecule has 74 valence electrons. The molecule has 0 atom stereocenters. The van der Waals surface area contributed by atoms with Crippen LogP contribution >= 0.6 is 11.8 Å². The van der Waals surface area contributed by atoms with Crippen LogP contribution in [0, 0.1) is 11.8 Å². The van der Waals surface area contributed by atoms with Crippen LogP contribution in [0.2, 0.25) is 0 Å². The fraction of sp³-hybridized carbons (Fsp3) is 0.900. The van der Waals surface area contributed by atoms with Gasteiger partial charge in [-0.15, -0.1) is 0 Å². The molecule has 0 aromatic carbocycles. The van der Waals surface area contributed by atoms with Crippen molar-refractivity contribution in [3.05, 3.63) is 0 Å². The van der Waals surface area contributed by atoms with E-state index >= 15 is 0 Å². The maximum Gasteiger partial charge on any atom is 0.304 e. The van der Waals surface area contributed by atoms with E-state index in [1.807, 2.05) is 11.8 Å². The highest BCUT2D eigenvalue weighted by molar-refractivity contribution is 7.99. The molecule has 2 fully saturated rings. The number of aliphatic carboxylic acids is 1. The monoisotopic (exact) mass is 200 g/mol. The number of carboxylic acid groups (broad SMARTS) is 1. The number of carbonyl (C=O) groups is 1. The van der Waals surface area contributed by atoms with Gasteiger partial charge >= 0.3 is 5.97 Å². The van der Waals surface area contributed by atoms with E-state index in [2.05, 4.69) is 0 Å². The Morgan fingerprint density at radius 2 is 1.85 bits per heavy atom. The van der Waals surface area contributed by atoms with Gasteiger partial charge in [0.1, 0.15) is 0 Å². The molecular weight excluding hydrogens is 184 g/mol. The van der Waals surface area contributed by atoms with Crippen molar-refractivity contribution in [2.45, 2.75) is 37.4 Å². The first-order valence-corrected chi connectivity index (χ1v) is 6.15. The zero-order valence-electron chi connectivity index (χ0n) is 7.74. The first-order valence-electron chi connectivity index (χ1n) is 5.11. The van der Waals surface area contributed by atoms with Gasteiger partial charge in [0.2, 0.25) is 0 Å². The summed E-state index contributed by atoms with van der Waals surface area (Å²) in [6.45, 7) is 0. The maximum absolute atomic E-state index is 10.3. The Morgan fingerprint density at radius 1 is 1.31 bits per heavy atom. The number of hydrogen-bond acceptors (Lipinski definition) is 2. The average molecular weight is 200 g/mol. The fourth-order valence-corrected chi connectivity index (χ4v) is 3.44. The highest BCUT2D eigenvalue weighted by Gasteiger charge is 2.41. The third kappa shape index (κ3) is 2.90. The zero-order valence-corrected chi connectivity index (χ0v) is 8.55. The van der Waals surface area contributed by atoms with E-state index < -0.39 is 5.97 Å². The predicted octanol–water partition coefficient (Wildman–Crippen LogP) is 2.38. The largest absolute Gasteiger partial charge is 0.481 e. The number of carboxylic acids is 1. The molecular formula is C10H16O2S. The van der Waals surface area contributed by atoms with Crippen molar-refractivity contribution in [3.63, 3.8) is 0 Å². The summed E-state index contributed by atoms with van der Waals surface area (Å²) in [6, 6.07) is 0. The minimum atomic E-state index is -0.655. The molecule has 0 spiro atoms. The molecule has 2 aliphatic rings. The number of thioether (sulfide) groups is 1. The van der Waals surface area contributed by atoms with Crippen molar-refractivity contribution < 1.29 is 9.90 Å². The molecule has 0 heterocycles. The smallest absolute Gasteiger partial charge is 0.304 e. The standard InChI is InChI=1S/C10H16O2S/c11-9(12)5-6-13-10(7-1-2-7)8-3-4-8/h7-8,10H,1-6H2,(H,11,12). The van der Waals surface area contributed by atoms with Gasteiger partial charge in [0.05, 0.1) is 6.42 Å². The lowest BCUT2D eigenvalue weighted by molar-refractivity contribution is -0.136. The molecule has 0 aliphatic heterocycles. The number of hydrogen-bond donors (Lipinski definition) is 1. The molecule has 0 unspecified atom stereocenters. The van der Waals surface area contributed by atoms with E-state index in [1.54, 1.807) is 0 Å². The van der Waals surface area contributed by atoms with Crippen LogP contribution in [-0.2, 0) is 4.79 Å². The molecule has 2 rings (SSSR count). The molecule has 0 bridgehead atoms. The van der Waals surface area contributed by atoms with Gasteiger partial charge in [-0.2, -0.15) is 11.8 Å². The van der Waals surface area contributed by atoms with E-state index in [-0.39, 0.29) is 0 Å². The minimum absolute atomic E-state index is 0.334. The quantitative estimate of drug-likeness (QED) is 0.715. The van der Waals surface area contributed by atoms with Crippen molar-refractivity contribution >= 4 is 17.7 Å². The van der Waals surface area contributed by atoms with Crippen LogP contribution in [0.1, 0.15) is 32.1 Å². The lowest BCUT2D eigenvalue weighted by atomic mass is 10.2. The lowest BCUT2D eigenvalue weighted by Gasteiger charge is -2.13. The first-order chi connectivity index (χ1) is 6.27. The molecule has 3 heteroatoms. The van der Waals surface area contributed by atoms with Crippen LogP contribution in [0.5, 0.6) is 0 Å². The first kappa shape index (κ1) is 9.38. The van der Waals surface area contributed by atoms with Crippen molar-refractivity contribution in [3.8, 4) is 0 Å². The second kappa shape index (κ2) is 3.91. The Morgan fingerprint density at radius 3 is 2.23 bits per heavy atom. The molecule has 0 aromatic rings. The molecule has 0 radical (unpaired) electrons. The predicted molar refractivity (Wildman–Crippen MR) is 53.9 cm³/mol. The van der Waals surface area contributed by atoms with Crippen LogP contribution in [0.25, 0.3) is 0 Å². The molecule has 13 heavy (non-hydrogen) atoms. The minimum Gasteiger partial charge on any atom is -0.481 e. The summed E-state index contributed by atoms with van der Waals surface area (Å²) in [5, 5.41) is 9.33. The van der Waals surface area contributed by atoms with Crippen molar-refractivity contribution in [2.75, 3.05) is 5.75 Å². The van der Waals surface area contributed by atoms with Crippen molar-refractivity contribution in [2.24, 2.45) is 11.8 Å². The molecule has 0 saturated heterocycles. The van der Waals surface area contributed by atoms with E-state index in [1.165, 1.54) is 25.7 Å². The van der Waals surface area contributed by atoms with Crippen LogP contribution < -0.4 is 0 Å². The molecule has 2 nitrogen and oxygen atoms in total. The normalized spacial score (nSPS) is 22.2. The van der Waals surface area contributed by atoms with Crippen molar-refractivity contribution in [1.82, 2.24) is 0 Å². The molecule has 2 aliphatic carbocycles. The third-order valence-corrected chi connectivity index (χ3v) is 4.39. The third-order valence-electron chi connectivity index (χ3n) is 2.80. The van der Waals surface area contributed by atoms with Gasteiger partial charge in [-0.05, 0) is 37.5 Å². The highest BCUT2D eigenvalue weighted by Crippen LogP contribution is 2.50. The van der Waals surface area contributed by atoms with Gasteiger partial charge in [0, 0.05) is 11.0 Å². The molecule has 1 N–H and O–H groups in total. The van der Waals surface area contributed by atoms with Crippen LogP contribution in [0.3, 0.4) is 0 Å². The van der Waals surface area contributed by atoms with Gasteiger partial charge in [-0.25, -0.2) is 0 Å². The van der Waals surface area contributed by atoms with Crippen LogP contribution in [0.15, 0.2) is 0 Å². The number of rotatable bonds is 6. The lowest BCUT2D eigenvalue weighted by Crippen LogP contribution is -2.10. The Bertz CT molecular complexity index is 185. The summed E-state index contributed by atoms with van der Waals surface area (Å²) >= 11 is 1.91. The average Bonchev–Trinajstić information content (AvgIpc) is 2.89. The summed E-state index contributed by atoms with van der Waals surface area (Å²) in [5.41, 5.74) is 0. The molecule has 0 amide bonds. The second-order valence-electron chi connectivity index (χ2n) is 4.15. The van der Waals surface area contributed by atoms with Gasteiger partial charge < -0.3 is 5.11 Å². The summed E-state index contributed by atoms with van der Waals surface area (Å²) in [4.78, 5) is 10.3. The van der Waals surface area contributed by atoms with Gasteiger partial charge in [0.15, 0.2) is 0 Å². The summed E-state index contributed by atoms with van der Waals surface area (Å²) in [5.74, 6) is 2.03. The Labute approximate surface area is 83.1 Å². The van der Waals surface area contributed by atoms with E-state index in [0.717, 1.165) is 22.8 Å². The Balaban J connectivity index is 1.67. The van der Waals surface area contributed by atoms with E-state index in [4.69, 9.17) is 5.11 Å².